The summed E-state index contributed by atoms with van der Waals surface area (Å²) in [4.78, 5) is 48.8. The van der Waals surface area contributed by atoms with Crippen molar-refractivity contribution >= 4 is 23.7 Å². The third kappa shape index (κ3) is 6.31. The van der Waals surface area contributed by atoms with Crippen LogP contribution < -0.4 is 16.0 Å². The molecule has 3 rings (SSSR count). The average Bonchev–Trinajstić information content (AvgIpc) is 3.21. The quantitative estimate of drug-likeness (QED) is 0.385. The van der Waals surface area contributed by atoms with Gasteiger partial charge in [0.15, 0.2) is 0 Å². The van der Waals surface area contributed by atoms with Gasteiger partial charge in [-0.2, -0.15) is 0 Å². The van der Waals surface area contributed by atoms with Crippen LogP contribution in [0.15, 0.2) is 54.6 Å². The Bertz CT molecular complexity index is 977. The smallest absolute Gasteiger partial charge is 0.326 e. The maximum atomic E-state index is 13.0. The molecule has 0 aliphatic carbocycles. The van der Waals surface area contributed by atoms with Crippen molar-refractivity contribution < 1.29 is 29.4 Å². The lowest BCUT2D eigenvalue weighted by Gasteiger charge is -2.23. The van der Waals surface area contributed by atoms with Gasteiger partial charge in [0.2, 0.25) is 17.7 Å². The van der Waals surface area contributed by atoms with Crippen LogP contribution in [0.3, 0.4) is 0 Å². The molecule has 9 nitrogen and oxygen atoms in total. The monoisotopic (exact) mass is 439 g/mol. The third-order valence-corrected chi connectivity index (χ3v) is 5.22. The number of aliphatic carboxylic acids is 1. The lowest BCUT2D eigenvalue weighted by atomic mass is 10.0. The summed E-state index contributed by atoms with van der Waals surface area (Å²) >= 11 is 0. The number of amides is 3. The number of carboxylic acids is 1. The molecule has 0 bridgehead atoms. The molecule has 3 amide bonds. The van der Waals surface area contributed by atoms with Crippen LogP contribution in [0.25, 0.3) is 0 Å². The van der Waals surface area contributed by atoms with Crippen LogP contribution in [0.4, 0.5) is 0 Å². The Labute approximate surface area is 184 Å². The topological polar surface area (TPSA) is 145 Å². The van der Waals surface area contributed by atoms with Crippen LogP contribution in [-0.2, 0) is 32.0 Å². The third-order valence-electron chi connectivity index (χ3n) is 5.22. The summed E-state index contributed by atoms with van der Waals surface area (Å²) in [6.45, 7) is 0. The second-order valence-corrected chi connectivity index (χ2v) is 7.68. The second-order valence-electron chi connectivity index (χ2n) is 7.68. The molecule has 1 fully saturated rings. The number of benzene rings is 2. The van der Waals surface area contributed by atoms with Gasteiger partial charge in [-0.05, 0) is 29.7 Å². The normalized spacial score (nSPS) is 17.1. The fourth-order valence-corrected chi connectivity index (χ4v) is 3.48. The Morgan fingerprint density at radius 3 is 2.16 bits per heavy atom. The van der Waals surface area contributed by atoms with Crippen molar-refractivity contribution in [2.45, 2.75) is 43.8 Å². The van der Waals surface area contributed by atoms with Crippen molar-refractivity contribution in [3.63, 3.8) is 0 Å². The number of rotatable bonds is 9. The van der Waals surface area contributed by atoms with Crippen LogP contribution in [0.2, 0.25) is 0 Å². The summed E-state index contributed by atoms with van der Waals surface area (Å²) in [5.41, 5.74) is 1.40. The number of hydrogen-bond acceptors (Lipinski definition) is 5. The van der Waals surface area contributed by atoms with E-state index < -0.39 is 35.9 Å². The van der Waals surface area contributed by atoms with E-state index in [2.05, 4.69) is 16.0 Å². The number of carbonyl (C=O) groups is 4. The van der Waals surface area contributed by atoms with Gasteiger partial charge in [-0.25, -0.2) is 4.79 Å². The zero-order valence-electron chi connectivity index (χ0n) is 17.3. The Hall–Kier alpha value is -3.88. The first-order valence-corrected chi connectivity index (χ1v) is 10.3. The molecule has 9 heteroatoms. The van der Waals surface area contributed by atoms with Gasteiger partial charge in [0, 0.05) is 19.3 Å². The van der Waals surface area contributed by atoms with Crippen molar-refractivity contribution in [2.24, 2.45) is 0 Å². The predicted octanol–water partition coefficient (Wildman–Crippen LogP) is 0.510. The zero-order chi connectivity index (χ0) is 23.1. The molecule has 1 aliphatic heterocycles. The molecular weight excluding hydrogens is 414 g/mol. The summed E-state index contributed by atoms with van der Waals surface area (Å²) in [6, 6.07) is 12.1. The molecule has 2 aromatic carbocycles. The highest BCUT2D eigenvalue weighted by Gasteiger charge is 2.32. The first-order chi connectivity index (χ1) is 15.3. The molecule has 2 aromatic rings. The Balaban J connectivity index is 1.73. The van der Waals surface area contributed by atoms with E-state index in [1.54, 1.807) is 36.4 Å². The summed E-state index contributed by atoms with van der Waals surface area (Å²) < 4.78 is 0. The minimum Gasteiger partial charge on any atom is -0.508 e. The molecule has 1 heterocycles. The van der Waals surface area contributed by atoms with Crippen molar-refractivity contribution in [3.05, 3.63) is 65.7 Å². The average molecular weight is 439 g/mol. The molecule has 1 saturated heterocycles. The second kappa shape index (κ2) is 10.4. The Morgan fingerprint density at radius 2 is 1.56 bits per heavy atom. The highest BCUT2D eigenvalue weighted by molar-refractivity contribution is 5.95. The summed E-state index contributed by atoms with van der Waals surface area (Å²) in [5, 5.41) is 26.7. The number of carbonyl (C=O) groups excluding carboxylic acids is 3. The maximum Gasteiger partial charge on any atom is 0.326 e. The van der Waals surface area contributed by atoms with Gasteiger partial charge in [0.25, 0.3) is 0 Å². The van der Waals surface area contributed by atoms with Crippen molar-refractivity contribution in [3.8, 4) is 5.75 Å². The minimum atomic E-state index is -1.23. The van der Waals surface area contributed by atoms with E-state index in [1.165, 1.54) is 12.1 Å². The van der Waals surface area contributed by atoms with Crippen molar-refractivity contribution in [2.75, 3.05) is 0 Å². The molecule has 0 radical (unpaired) electrons. The van der Waals surface area contributed by atoms with Crippen LogP contribution in [0.1, 0.15) is 24.0 Å². The molecule has 1 unspecified atom stereocenters. The summed E-state index contributed by atoms with van der Waals surface area (Å²) in [7, 11) is 0. The maximum absolute atomic E-state index is 13.0. The highest BCUT2D eigenvalue weighted by Crippen LogP contribution is 2.13. The van der Waals surface area contributed by atoms with E-state index in [9.17, 15) is 29.4 Å². The zero-order valence-corrected chi connectivity index (χ0v) is 17.3. The van der Waals surface area contributed by atoms with E-state index >= 15 is 0 Å². The minimum absolute atomic E-state index is 0.00599. The van der Waals surface area contributed by atoms with E-state index in [1.807, 2.05) is 6.07 Å². The molecule has 32 heavy (non-hydrogen) atoms. The number of carboxylic acid groups (broad SMARTS) is 1. The van der Waals surface area contributed by atoms with Gasteiger partial charge < -0.3 is 26.2 Å². The van der Waals surface area contributed by atoms with Crippen molar-refractivity contribution in [1.29, 1.82) is 0 Å². The first-order valence-electron chi connectivity index (χ1n) is 10.3. The van der Waals surface area contributed by atoms with Crippen LogP contribution in [0.5, 0.6) is 5.75 Å². The van der Waals surface area contributed by atoms with E-state index in [0.717, 1.165) is 5.56 Å². The Kier molecular flexibility index (Phi) is 7.43. The standard InChI is InChI=1S/C23H25N3O6/c27-16-8-6-15(7-9-16)13-19(23(31)32)26-22(30)18(12-14-4-2-1-3-5-14)25-21(29)17-10-11-20(28)24-17/h1-9,17-19,27H,10-13H2,(H,24,28)(H,25,29)(H,26,30)(H,31,32)/t17?,18-,19-/m0/s1. The van der Waals surface area contributed by atoms with E-state index in [4.69, 9.17) is 0 Å². The Morgan fingerprint density at radius 1 is 0.938 bits per heavy atom. The first kappa shape index (κ1) is 22.8. The molecule has 5 N–H and O–H groups in total. The molecule has 0 saturated carbocycles. The molecular formula is C23H25N3O6. The van der Waals surface area contributed by atoms with Gasteiger partial charge in [-0.3, -0.25) is 14.4 Å². The fraction of sp³-hybridized carbons (Fsp3) is 0.304. The molecule has 168 valence electrons. The van der Waals surface area contributed by atoms with Crippen molar-refractivity contribution in [1.82, 2.24) is 16.0 Å². The molecule has 1 aliphatic rings. The predicted molar refractivity (Wildman–Crippen MR) is 115 cm³/mol. The lowest BCUT2D eigenvalue weighted by molar-refractivity contribution is -0.142. The van der Waals surface area contributed by atoms with Crippen LogP contribution in [-0.4, -0.2) is 52.0 Å². The lowest BCUT2D eigenvalue weighted by Crippen LogP contribution is -2.55. The van der Waals surface area contributed by atoms with Gasteiger partial charge >= 0.3 is 5.97 Å². The highest BCUT2D eigenvalue weighted by atomic mass is 16.4. The largest absolute Gasteiger partial charge is 0.508 e. The molecule has 3 atom stereocenters. The number of phenols is 1. The number of aromatic hydroxyl groups is 1. The van der Waals surface area contributed by atoms with Gasteiger partial charge in [0.05, 0.1) is 0 Å². The van der Waals surface area contributed by atoms with Gasteiger partial charge in [-0.15, -0.1) is 0 Å². The number of phenolic OH excluding ortho intramolecular Hbond substituents is 1. The van der Waals surface area contributed by atoms with Gasteiger partial charge in [0.1, 0.15) is 23.9 Å². The summed E-state index contributed by atoms with van der Waals surface area (Å²) in [6.07, 6.45) is 0.737. The van der Waals surface area contributed by atoms with E-state index in [0.29, 0.717) is 12.0 Å². The SMILES string of the molecule is O=C1CCC(C(=O)N[C@@H](Cc2ccccc2)C(=O)N[C@@H](Cc2ccc(O)cc2)C(=O)O)N1. The molecule has 0 aromatic heterocycles. The number of nitrogens with one attached hydrogen (secondary N) is 3. The van der Waals surface area contributed by atoms with Crippen LogP contribution >= 0.6 is 0 Å². The number of hydrogen-bond donors (Lipinski definition) is 5. The molecule has 0 spiro atoms. The summed E-state index contributed by atoms with van der Waals surface area (Å²) in [5.74, 6) is -2.53. The van der Waals surface area contributed by atoms with Gasteiger partial charge in [-0.1, -0.05) is 42.5 Å². The van der Waals surface area contributed by atoms with Crippen LogP contribution in [0, 0.1) is 0 Å². The fourth-order valence-electron chi connectivity index (χ4n) is 3.48. The van der Waals surface area contributed by atoms with E-state index in [-0.39, 0.29) is 30.9 Å².